The molecule has 0 radical (unpaired) electrons. The molecule has 0 bridgehead atoms. The lowest BCUT2D eigenvalue weighted by Crippen LogP contribution is -2.60. The second kappa shape index (κ2) is 6.94. The van der Waals surface area contributed by atoms with Gasteiger partial charge in [-0.25, -0.2) is 4.79 Å². The summed E-state index contributed by atoms with van der Waals surface area (Å²) in [6.45, 7) is 9.41. The van der Waals surface area contributed by atoms with E-state index in [4.69, 9.17) is 13.9 Å². The molecule has 1 saturated carbocycles. The number of esters is 2. The Kier molecular flexibility index (Phi) is 4.88. The summed E-state index contributed by atoms with van der Waals surface area (Å²) in [5, 5.41) is 11.1. The number of fused-ring (bicyclic) bond motifs is 2. The SMILES string of the molecule is CCCC(=O)O[C@@H]1c2c(cc(=O)oc2C(C)C)[C@@]2(C)[C@H](O)CC[C@]3(C)C(=O)O[C@H]1[C@H]23. The molecule has 4 rings (SSSR count). The van der Waals surface area contributed by atoms with Gasteiger partial charge in [-0.1, -0.05) is 27.7 Å². The van der Waals surface area contributed by atoms with Crippen molar-refractivity contribution < 1.29 is 28.6 Å². The minimum absolute atomic E-state index is 0.163. The summed E-state index contributed by atoms with van der Waals surface area (Å²) >= 11 is 0. The third kappa shape index (κ3) is 2.70. The molecule has 0 aromatic carbocycles. The minimum atomic E-state index is -0.896. The van der Waals surface area contributed by atoms with Gasteiger partial charge in [-0.05, 0) is 31.7 Å². The molecule has 164 valence electrons. The highest BCUT2D eigenvalue weighted by molar-refractivity contribution is 5.81. The van der Waals surface area contributed by atoms with Gasteiger partial charge in [0.15, 0.2) is 6.10 Å². The molecule has 0 spiro atoms. The number of ether oxygens (including phenoxy) is 2. The lowest BCUT2D eigenvalue weighted by Gasteiger charge is -2.54. The van der Waals surface area contributed by atoms with Gasteiger partial charge in [-0.15, -0.1) is 0 Å². The van der Waals surface area contributed by atoms with E-state index >= 15 is 0 Å². The van der Waals surface area contributed by atoms with E-state index in [1.165, 1.54) is 6.07 Å². The molecule has 1 N–H and O–H groups in total. The van der Waals surface area contributed by atoms with Crippen molar-refractivity contribution in [3.05, 3.63) is 33.4 Å². The Hall–Kier alpha value is -2.15. The van der Waals surface area contributed by atoms with Crippen LogP contribution in [0.4, 0.5) is 0 Å². The van der Waals surface area contributed by atoms with Crippen molar-refractivity contribution in [2.45, 2.75) is 89.9 Å². The predicted octanol–water partition coefficient (Wildman–Crippen LogP) is 3.12. The van der Waals surface area contributed by atoms with Crippen molar-refractivity contribution in [1.82, 2.24) is 0 Å². The van der Waals surface area contributed by atoms with Crippen LogP contribution in [0.5, 0.6) is 0 Å². The molecular weight excluding hydrogens is 388 g/mol. The summed E-state index contributed by atoms with van der Waals surface area (Å²) in [7, 11) is 0. The fraction of sp³-hybridized carbons (Fsp3) is 0.696. The Morgan fingerprint density at radius 1 is 1.33 bits per heavy atom. The van der Waals surface area contributed by atoms with Gasteiger partial charge in [0.2, 0.25) is 0 Å². The van der Waals surface area contributed by atoms with Crippen LogP contribution >= 0.6 is 0 Å². The fourth-order valence-electron chi connectivity index (χ4n) is 5.99. The largest absolute Gasteiger partial charge is 0.457 e. The number of carbonyl (C=O) groups excluding carboxylic acids is 2. The van der Waals surface area contributed by atoms with Gasteiger partial charge in [-0.3, -0.25) is 9.59 Å². The molecule has 6 atom stereocenters. The van der Waals surface area contributed by atoms with E-state index in [9.17, 15) is 19.5 Å². The second-order valence-electron chi connectivity index (χ2n) is 9.67. The first-order valence-electron chi connectivity index (χ1n) is 10.8. The zero-order valence-corrected chi connectivity index (χ0v) is 18.2. The number of rotatable bonds is 4. The van der Waals surface area contributed by atoms with E-state index in [2.05, 4.69) is 0 Å². The highest BCUT2D eigenvalue weighted by Crippen LogP contribution is 2.64. The highest BCUT2D eigenvalue weighted by Gasteiger charge is 2.70. The van der Waals surface area contributed by atoms with Gasteiger partial charge < -0.3 is 19.0 Å². The van der Waals surface area contributed by atoms with E-state index in [0.29, 0.717) is 36.1 Å². The summed E-state index contributed by atoms with van der Waals surface area (Å²) in [5.41, 5.74) is -1.06. The average Bonchev–Trinajstić information content (AvgIpc) is 2.94. The van der Waals surface area contributed by atoms with Gasteiger partial charge in [0.05, 0.1) is 11.5 Å². The molecule has 0 unspecified atom stereocenters. The number of aliphatic hydroxyl groups is 1. The molecular formula is C23H30O7. The van der Waals surface area contributed by atoms with Crippen molar-refractivity contribution in [2.24, 2.45) is 11.3 Å². The molecule has 3 aliphatic rings. The Balaban J connectivity index is 2.01. The van der Waals surface area contributed by atoms with E-state index in [1.54, 1.807) is 0 Å². The van der Waals surface area contributed by atoms with Crippen LogP contribution in [0.25, 0.3) is 0 Å². The molecule has 1 aromatic heterocycles. The number of aliphatic hydroxyl groups excluding tert-OH is 1. The van der Waals surface area contributed by atoms with Crippen LogP contribution in [-0.4, -0.2) is 29.3 Å². The van der Waals surface area contributed by atoms with Crippen LogP contribution in [0.2, 0.25) is 0 Å². The first-order valence-corrected chi connectivity index (χ1v) is 10.8. The molecule has 2 aliphatic carbocycles. The summed E-state index contributed by atoms with van der Waals surface area (Å²) in [5.74, 6) is -0.905. The smallest absolute Gasteiger partial charge is 0.336 e. The molecule has 1 aliphatic heterocycles. The summed E-state index contributed by atoms with van der Waals surface area (Å²) in [6.07, 6.45) is -0.602. The van der Waals surface area contributed by atoms with E-state index in [1.807, 2.05) is 34.6 Å². The van der Waals surface area contributed by atoms with Crippen molar-refractivity contribution in [3.8, 4) is 0 Å². The van der Waals surface area contributed by atoms with E-state index in [-0.39, 0.29) is 24.3 Å². The molecule has 0 amide bonds. The molecule has 7 heteroatoms. The Morgan fingerprint density at radius 2 is 2.03 bits per heavy atom. The topological polar surface area (TPSA) is 103 Å². The van der Waals surface area contributed by atoms with E-state index < -0.39 is 40.7 Å². The Labute approximate surface area is 175 Å². The lowest BCUT2D eigenvalue weighted by molar-refractivity contribution is -0.167. The number of hydrogen-bond donors (Lipinski definition) is 1. The van der Waals surface area contributed by atoms with Crippen LogP contribution in [0.15, 0.2) is 15.3 Å². The van der Waals surface area contributed by atoms with Gasteiger partial charge in [0.25, 0.3) is 0 Å². The van der Waals surface area contributed by atoms with Gasteiger partial charge in [0, 0.05) is 35.3 Å². The quantitative estimate of drug-likeness (QED) is 0.749. The molecule has 7 nitrogen and oxygen atoms in total. The van der Waals surface area contributed by atoms with Gasteiger partial charge in [-0.2, -0.15) is 0 Å². The third-order valence-electron chi connectivity index (χ3n) is 7.43. The maximum atomic E-state index is 13.0. The highest BCUT2D eigenvalue weighted by atomic mass is 16.6. The van der Waals surface area contributed by atoms with Crippen LogP contribution in [0, 0.1) is 11.3 Å². The summed E-state index contributed by atoms with van der Waals surface area (Å²) in [4.78, 5) is 38.0. The normalized spacial score (nSPS) is 36.8. The zero-order valence-electron chi connectivity index (χ0n) is 18.2. The standard InChI is InChI=1S/C23H30O7/c1-6-7-14(25)28-18-16-12(10-15(26)29-17(16)11(2)3)23(5)13(24)8-9-22(4)20(23)19(18)30-21(22)27/h10-11,13,18-20,24H,6-9H2,1-5H3/t13-,18-,19-,20+,22+,23+/m1/s1. The minimum Gasteiger partial charge on any atom is -0.457 e. The Morgan fingerprint density at radius 3 is 2.67 bits per heavy atom. The number of carbonyl (C=O) groups is 2. The first kappa shape index (κ1) is 21.1. The molecule has 1 aromatic rings. The second-order valence-corrected chi connectivity index (χ2v) is 9.67. The maximum Gasteiger partial charge on any atom is 0.336 e. The third-order valence-corrected chi connectivity index (χ3v) is 7.43. The van der Waals surface area contributed by atoms with Crippen molar-refractivity contribution in [1.29, 1.82) is 0 Å². The van der Waals surface area contributed by atoms with Crippen molar-refractivity contribution >= 4 is 11.9 Å². The van der Waals surface area contributed by atoms with Crippen LogP contribution < -0.4 is 5.63 Å². The maximum absolute atomic E-state index is 13.0. The summed E-state index contributed by atoms with van der Waals surface area (Å²) < 4.78 is 17.3. The van der Waals surface area contributed by atoms with Crippen molar-refractivity contribution in [3.63, 3.8) is 0 Å². The average molecular weight is 418 g/mol. The number of hydrogen-bond acceptors (Lipinski definition) is 7. The van der Waals surface area contributed by atoms with E-state index in [0.717, 1.165) is 0 Å². The first-order chi connectivity index (χ1) is 14.1. The Bertz CT molecular complexity index is 947. The lowest BCUT2D eigenvalue weighted by atomic mass is 9.48. The molecule has 2 heterocycles. The van der Waals surface area contributed by atoms with Gasteiger partial charge >= 0.3 is 17.6 Å². The zero-order chi connectivity index (χ0) is 22.0. The van der Waals surface area contributed by atoms with Gasteiger partial charge in [0.1, 0.15) is 11.9 Å². The molecule has 1 saturated heterocycles. The van der Waals surface area contributed by atoms with Crippen LogP contribution in [0.3, 0.4) is 0 Å². The molecule has 30 heavy (non-hydrogen) atoms. The van der Waals surface area contributed by atoms with Crippen LogP contribution in [-0.2, 0) is 24.5 Å². The predicted molar refractivity (Wildman–Crippen MR) is 107 cm³/mol. The fourth-order valence-corrected chi connectivity index (χ4v) is 5.99. The summed E-state index contributed by atoms with van der Waals surface area (Å²) in [6, 6.07) is 1.40. The van der Waals surface area contributed by atoms with Crippen LogP contribution in [0.1, 0.15) is 89.2 Å². The monoisotopic (exact) mass is 418 g/mol. The van der Waals surface area contributed by atoms with Crippen molar-refractivity contribution in [2.75, 3.05) is 0 Å². The molecule has 2 fully saturated rings.